The minimum atomic E-state index is -0.550. The summed E-state index contributed by atoms with van der Waals surface area (Å²) >= 11 is 11.7. The van der Waals surface area contributed by atoms with Crippen molar-refractivity contribution in [3.63, 3.8) is 0 Å². The standard InChI is InChI=1S/C14H20ClN3O4.C13H15ClN2O3/c1-3-21-12(19)7-9(8-13(20)22-4-2)17-14-10(16)5-6-11(15)18-14;1-2-19-12(18)7-9-6-10(17)5-8-3-4-11(14)16-13(8)15-9/h5-6,9H,3-4,7-8,16H2,1-2H3,(H,17,18);3-4,9H,2,5-7H2,1H3,(H,15,16). The zero-order valence-corrected chi connectivity index (χ0v) is 24.7. The van der Waals surface area contributed by atoms with E-state index in [2.05, 4.69) is 20.6 Å². The van der Waals surface area contributed by atoms with Crippen molar-refractivity contribution in [1.82, 2.24) is 9.97 Å². The van der Waals surface area contributed by atoms with E-state index in [1.807, 2.05) is 0 Å². The van der Waals surface area contributed by atoms with Crippen molar-refractivity contribution in [2.75, 3.05) is 36.2 Å². The number of Topliss-reactive ketones (excluding diaryl/α,β-unsaturated/α-hetero) is 1. The van der Waals surface area contributed by atoms with Crippen LogP contribution >= 0.6 is 23.2 Å². The Hall–Kier alpha value is -3.64. The number of hydrogen-bond donors (Lipinski definition) is 3. The molecule has 1 aliphatic heterocycles. The van der Waals surface area contributed by atoms with Crippen LogP contribution in [0.15, 0.2) is 24.3 Å². The summed E-state index contributed by atoms with van der Waals surface area (Å²) in [7, 11) is 0. The lowest BCUT2D eigenvalue weighted by molar-refractivity contribution is -0.146. The minimum absolute atomic E-state index is 0.0136. The molecule has 0 saturated heterocycles. The average Bonchev–Trinajstić information content (AvgIpc) is 3.03. The lowest BCUT2D eigenvalue weighted by Gasteiger charge is -2.19. The van der Waals surface area contributed by atoms with E-state index >= 15 is 0 Å². The number of anilines is 3. The highest BCUT2D eigenvalue weighted by Gasteiger charge is 2.25. The van der Waals surface area contributed by atoms with Gasteiger partial charge in [-0.2, -0.15) is 0 Å². The SMILES string of the molecule is CCOC(=O)CC(CC(=O)OCC)Nc1nc(Cl)ccc1N.CCOC(=O)CC1CC(=O)Cc2ccc(Cl)nc2N1. The Bertz CT molecular complexity index is 1190. The van der Waals surface area contributed by atoms with Gasteiger partial charge in [-0.1, -0.05) is 29.3 Å². The zero-order chi connectivity index (χ0) is 30.4. The van der Waals surface area contributed by atoms with Crippen molar-refractivity contribution in [3.05, 3.63) is 40.1 Å². The molecule has 0 spiro atoms. The van der Waals surface area contributed by atoms with E-state index in [9.17, 15) is 19.2 Å². The number of nitrogens with one attached hydrogen (secondary N) is 2. The molecule has 1 unspecified atom stereocenters. The largest absolute Gasteiger partial charge is 0.466 e. The van der Waals surface area contributed by atoms with Crippen LogP contribution in [0, 0.1) is 0 Å². The number of nitrogens with zero attached hydrogens (tertiary/aromatic N) is 2. The Morgan fingerprint density at radius 2 is 1.51 bits per heavy atom. The van der Waals surface area contributed by atoms with Gasteiger partial charge >= 0.3 is 17.9 Å². The first-order valence-electron chi connectivity index (χ1n) is 13.1. The van der Waals surface area contributed by atoms with E-state index in [1.165, 1.54) is 0 Å². The van der Waals surface area contributed by atoms with E-state index in [4.69, 9.17) is 43.1 Å². The maximum Gasteiger partial charge on any atom is 0.307 e. The third-order valence-corrected chi connectivity index (χ3v) is 5.96. The fourth-order valence-corrected chi connectivity index (χ4v) is 4.15. The maximum absolute atomic E-state index is 11.8. The number of carbonyl (C=O) groups excluding carboxylic acids is 4. The monoisotopic (exact) mass is 611 g/mol. The fraction of sp³-hybridized carbons (Fsp3) is 0.481. The molecule has 2 aromatic rings. The number of halogens is 2. The first kappa shape index (κ1) is 33.6. The second kappa shape index (κ2) is 17.2. The predicted molar refractivity (Wildman–Crippen MR) is 155 cm³/mol. The van der Waals surface area contributed by atoms with Gasteiger partial charge in [-0.25, -0.2) is 9.97 Å². The van der Waals surface area contributed by atoms with Crippen LogP contribution in [0.4, 0.5) is 17.3 Å². The number of rotatable bonds is 11. The molecule has 0 aromatic carbocycles. The van der Waals surface area contributed by atoms with Crippen molar-refractivity contribution in [1.29, 1.82) is 0 Å². The van der Waals surface area contributed by atoms with Gasteiger partial charge in [0.1, 0.15) is 21.9 Å². The first-order valence-corrected chi connectivity index (χ1v) is 13.9. The molecule has 0 saturated carbocycles. The molecule has 1 aliphatic rings. The second-order valence-electron chi connectivity index (χ2n) is 8.84. The second-order valence-corrected chi connectivity index (χ2v) is 9.62. The van der Waals surface area contributed by atoms with Crippen LogP contribution in [-0.2, 0) is 39.8 Å². The summed E-state index contributed by atoms with van der Waals surface area (Å²) in [5, 5.41) is 6.66. The molecule has 12 nitrogen and oxygen atoms in total. The number of carbonyl (C=O) groups is 4. The summed E-state index contributed by atoms with van der Waals surface area (Å²) < 4.78 is 14.7. The predicted octanol–water partition coefficient (Wildman–Crippen LogP) is 3.99. The molecular weight excluding hydrogens is 577 g/mol. The molecule has 4 N–H and O–H groups in total. The van der Waals surface area contributed by atoms with Gasteiger partial charge in [0.2, 0.25) is 0 Å². The van der Waals surface area contributed by atoms with E-state index < -0.39 is 18.0 Å². The van der Waals surface area contributed by atoms with Gasteiger partial charge in [0.05, 0.1) is 44.8 Å². The van der Waals surface area contributed by atoms with E-state index in [1.54, 1.807) is 45.0 Å². The van der Waals surface area contributed by atoms with Crippen LogP contribution in [0.25, 0.3) is 0 Å². The molecule has 2 aromatic heterocycles. The Labute approximate surface area is 248 Å². The van der Waals surface area contributed by atoms with Crippen LogP contribution in [0.2, 0.25) is 10.3 Å². The van der Waals surface area contributed by atoms with E-state index in [0.29, 0.717) is 35.5 Å². The highest BCUT2D eigenvalue weighted by molar-refractivity contribution is 6.29. The molecule has 14 heteroatoms. The Morgan fingerprint density at radius 1 is 0.951 bits per heavy atom. The number of pyridine rings is 2. The smallest absolute Gasteiger partial charge is 0.307 e. The summed E-state index contributed by atoms with van der Waals surface area (Å²) in [5.74, 6) is -0.212. The average molecular weight is 613 g/mol. The Balaban J connectivity index is 0.000000289. The summed E-state index contributed by atoms with van der Waals surface area (Å²) in [5.41, 5.74) is 6.97. The molecule has 41 heavy (non-hydrogen) atoms. The number of fused-ring (bicyclic) bond motifs is 1. The Morgan fingerprint density at radius 3 is 2.12 bits per heavy atom. The van der Waals surface area contributed by atoms with Gasteiger partial charge in [0.25, 0.3) is 0 Å². The quantitative estimate of drug-likeness (QED) is 0.190. The lowest BCUT2D eigenvalue weighted by atomic mass is 10.1. The van der Waals surface area contributed by atoms with E-state index in [0.717, 1.165) is 5.56 Å². The zero-order valence-electron chi connectivity index (χ0n) is 23.2. The van der Waals surface area contributed by atoms with Gasteiger partial charge in [0, 0.05) is 30.5 Å². The van der Waals surface area contributed by atoms with E-state index in [-0.39, 0.29) is 61.8 Å². The molecule has 0 amide bonds. The number of ketones is 1. The van der Waals surface area contributed by atoms with Gasteiger partial charge in [-0.05, 0) is 39.0 Å². The number of nitrogens with two attached hydrogens (primary N) is 1. The first-order chi connectivity index (χ1) is 19.5. The van der Waals surface area contributed by atoms with Gasteiger partial charge in [-0.15, -0.1) is 0 Å². The van der Waals surface area contributed by atoms with Crippen LogP contribution in [0.3, 0.4) is 0 Å². The molecule has 1 atom stereocenters. The van der Waals surface area contributed by atoms with Gasteiger partial charge in [-0.3, -0.25) is 19.2 Å². The number of esters is 3. The molecular formula is C27H35Cl2N5O7. The van der Waals surface area contributed by atoms with Crippen molar-refractivity contribution in [2.24, 2.45) is 0 Å². The molecule has 3 rings (SSSR count). The number of ether oxygens (including phenoxy) is 3. The Kier molecular flexibility index (Phi) is 14.1. The summed E-state index contributed by atoms with van der Waals surface area (Å²) in [6.45, 7) is 6.04. The number of hydrogen-bond acceptors (Lipinski definition) is 12. The third kappa shape index (κ3) is 12.2. The highest BCUT2D eigenvalue weighted by Crippen LogP contribution is 2.24. The maximum atomic E-state index is 11.8. The third-order valence-electron chi connectivity index (χ3n) is 5.54. The van der Waals surface area contributed by atoms with Crippen LogP contribution in [0.5, 0.6) is 0 Å². The van der Waals surface area contributed by atoms with Crippen molar-refractivity contribution in [2.45, 2.75) is 65.0 Å². The normalized spacial score (nSPS) is 14.0. The summed E-state index contributed by atoms with van der Waals surface area (Å²) in [4.78, 5) is 54.8. The molecule has 224 valence electrons. The molecule has 0 bridgehead atoms. The van der Waals surface area contributed by atoms with Gasteiger partial charge < -0.3 is 30.6 Å². The van der Waals surface area contributed by atoms with Crippen molar-refractivity contribution >= 4 is 64.2 Å². The minimum Gasteiger partial charge on any atom is -0.466 e. The summed E-state index contributed by atoms with van der Waals surface area (Å²) in [6.07, 6.45) is 0.715. The molecule has 0 aliphatic carbocycles. The highest BCUT2D eigenvalue weighted by atomic mass is 35.5. The molecule has 0 fully saturated rings. The van der Waals surface area contributed by atoms with Crippen molar-refractivity contribution in [3.8, 4) is 0 Å². The fourth-order valence-electron chi connectivity index (χ4n) is 3.85. The molecule has 3 heterocycles. The lowest BCUT2D eigenvalue weighted by Crippen LogP contribution is -2.29. The number of nitrogen functional groups attached to an aromatic ring is 1. The van der Waals surface area contributed by atoms with Crippen molar-refractivity contribution < 1.29 is 33.4 Å². The molecule has 0 radical (unpaired) electrons. The van der Waals surface area contributed by atoms with Crippen LogP contribution < -0.4 is 16.4 Å². The summed E-state index contributed by atoms with van der Waals surface area (Å²) in [6, 6.07) is 5.73. The van der Waals surface area contributed by atoms with Crippen LogP contribution in [-0.4, -0.2) is 65.6 Å². The van der Waals surface area contributed by atoms with Crippen LogP contribution in [0.1, 0.15) is 52.0 Å². The van der Waals surface area contributed by atoms with Gasteiger partial charge in [0.15, 0.2) is 5.82 Å². The topological polar surface area (TPSA) is 172 Å². The number of aromatic nitrogens is 2.